The number of unbranched alkanes of at least 4 members (excludes halogenated alkanes) is 19. The summed E-state index contributed by atoms with van der Waals surface area (Å²) in [4.78, 5) is 12.3. The highest BCUT2D eigenvalue weighted by atomic mass is 16.3. The predicted molar refractivity (Wildman–Crippen MR) is 176 cm³/mol. The molecule has 3 atom stereocenters. The summed E-state index contributed by atoms with van der Waals surface area (Å²) in [5.41, 5.74) is 0. The van der Waals surface area contributed by atoms with Crippen molar-refractivity contribution in [2.75, 3.05) is 6.61 Å². The molecule has 0 rings (SSSR count). The SMILES string of the molecule is CC/C=C/CC/C=C/CCCC(O)C(O)C(CO)NC(=O)CCCCCCCCCCCCCCCCCCCC. The van der Waals surface area contributed by atoms with Gasteiger partial charge in [-0.2, -0.15) is 0 Å². The van der Waals surface area contributed by atoms with Gasteiger partial charge in [0.15, 0.2) is 0 Å². The first kappa shape index (κ1) is 39.8. The van der Waals surface area contributed by atoms with E-state index in [0.29, 0.717) is 12.8 Å². The minimum atomic E-state index is -1.16. The maximum Gasteiger partial charge on any atom is 0.220 e. The summed E-state index contributed by atoms with van der Waals surface area (Å²) in [7, 11) is 0. The third-order valence-corrected chi connectivity index (χ3v) is 8.05. The van der Waals surface area contributed by atoms with Crippen LogP contribution in [0.4, 0.5) is 0 Å². The van der Waals surface area contributed by atoms with Crippen molar-refractivity contribution >= 4 is 5.91 Å². The second-order valence-corrected chi connectivity index (χ2v) is 12.0. The lowest BCUT2D eigenvalue weighted by atomic mass is 10.0. The molecule has 0 saturated heterocycles. The lowest BCUT2D eigenvalue weighted by Crippen LogP contribution is -2.50. The van der Waals surface area contributed by atoms with E-state index in [-0.39, 0.29) is 12.5 Å². The van der Waals surface area contributed by atoms with Crippen molar-refractivity contribution < 1.29 is 20.1 Å². The molecule has 0 aliphatic carbocycles. The van der Waals surface area contributed by atoms with E-state index in [2.05, 4.69) is 43.5 Å². The summed E-state index contributed by atoms with van der Waals surface area (Å²) < 4.78 is 0. The second kappa shape index (κ2) is 31.8. The van der Waals surface area contributed by atoms with Crippen LogP contribution in [0.2, 0.25) is 0 Å². The third kappa shape index (κ3) is 27.4. The number of carbonyl (C=O) groups excluding carboxylic acids is 1. The number of amides is 1. The van der Waals surface area contributed by atoms with E-state index < -0.39 is 18.2 Å². The summed E-state index contributed by atoms with van der Waals surface area (Å²) in [6.45, 7) is 4.02. The van der Waals surface area contributed by atoms with Crippen LogP contribution in [-0.4, -0.2) is 46.1 Å². The zero-order valence-electron chi connectivity index (χ0n) is 27.2. The Balaban J connectivity index is 3.66. The van der Waals surface area contributed by atoms with E-state index in [1.54, 1.807) is 0 Å². The molecule has 5 nitrogen and oxygen atoms in total. The quantitative estimate of drug-likeness (QED) is 0.0487. The molecule has 41 heavy (non-hydrogen) atoms. The molecule has 0 spiro atoms. The Bertz CT molecular complexity index is 606. The van der Waals surface area contributed by atoms with Gasteiger partial charge in [0.05, 0.1) is 18.8 Å². The highest BCUT2D eigenvalue weighted by molar-refractivity contribution is 5.76. The summed E-state index contributed by atoms with van der Waals surface area (Å²) >= 11 is 0. The summed E-state index contributed by atoms with van der Waals surface area (Å²) in [5, 5.41) is 33.1. The number of carbonyl (C=O) groups is 1. The average molecular weight is 580 g/mol. The molecule has 5 heteroatoms. The Labute approximate surface area is 254 Å². The smallest absolute Gasteiger partial charge is 0.220 e. The third-order valence-electron chi connectivity index (χ3n) is 8.05. The number of hydrogen-bond donors (Lipinski definition) is 4. The van der Waals surface area contributed by atoms with Crippen molar-refractivity contribution in [1.29, 1.82) is 0 Å². The maximum atomic E-state index is 12.3. The first-order valence-corrected chi connectivity index (χ1v) is 17.6. The van der Waals surface area contributed by atoms with E-state index in [9.17, 15) is 20.1 Å². The fraction of sp³-hybridized carbons (Fsp3) is 0.861. The van der Waals surface area contributed by atoms with E-state index in [0.717, 1.165) is 51.4 Å². The molecular weight excluding hydrogens is 510 g/mol. The number of aliphatic hydroxyl groups excluding tert-OH is 3. The van der Waals surface area contributed by atoms with Gasteiger partial charge >= 0.3 is 0 Å². The topological polar surface area (TPSA) is 89.8 Å². The van der Waals surface area contributed by atoms with Crippen molar-refractivity contribution in [3.05, 3.63) is 24.3 Å². The molecule has 0 fully saturated rings. The Morgan fingerprint density at radius 1 is 0.610 bits per heavy atom. The first-order chi connectivity index (χ1) is 20.1. The van der Waals surface area contributed by atoms with Gasteiger partial charge in [-0.3, -0.25) is 4.79 Å². The standard InChI is InChI=1S/C36H69NO4/c1-3-5-7-9-11-13-14-15-16-17-18-19-20-21-23-25-27-29-31-35(40)37-33(32-38)36(41)34(39)30-28-26-24-22-12-10-8-6-4-2/h6,8,22,24,33-34,36,38-39,41H,3-5,7,9-21,23,25-32H2,1-2H3,(H,37,40)/b8-6+,24-22+. The van der Waals surface area contributed by atoms with Gasteiger partial charge in [0.2, 0.25) is 5.91 Å². The number of hydrogen-bond acceptors (Lipinski definition) is 4. The van der Waals surface area contributed by atoms with Crippen LogP contribution in [0.25, 0.3) is 0 Å². The molecule has 0 heterocycles. The van der Waals surface area contributed by atoms with Gasteiger partial charge in [0.1, 0.15) is 6.10 Å². The van der Waals surface area contributed by atoms with Crippen molar-refractivity contribution in [2.24, 2.45) is 0 Å². The molecule has 242 valence electrons. The maximum absolute atomic E-state index is 12.3. The van der Waals surface area contributed by atoms with E-state index in [4.69, 9.17) is 0 Å². The van der Waals surface area contributed by atoms with E-state index in [1.807, 2.05) is 0 Å². The van der Waals surface area contributed by atoms with Crippen LogP contribution in [0.3, 0.4) is 0 Å². The number of allylic oxidation sites excluding steroid dienone is 4. The van der Waals surface area contributed by atoms with Crippen LogP contribution in [0.5, 0.6) is 0 Å². The molecule has 0 aliphatic rings. The minimum absolute atomic E-state index is 0.160. The number of rotatable bonds is 31. The predicted octanol–water partition coefficient (Wildman–Crippen LogP) is 9.09. The van der Waals surface area contributed by atoms with Crippen molar-refractivity contribution in [1.82, 2.24) is 5.32 Å². The van der Waals surface area contributed by atoms with Crippen LogP contribution in [0.1, 0.15) is 174 Å². The average Bonchev–Trinajstić information content (AvgIpc) is 2.97. The molecule has 1 amide bonds. The molecule has 0 saturated carbocycles. The lowest BCUT2D eigenvalue weighted by molar-refractivity contribution is -0.124. The Morgan fingerprint density at radius 2 is 1.05 bits per heavy atom. The molecule has 0 aromatic rings. The lowest BCUT2D eigenvalue weighted by Gasteiger charge is -2.26. The Hall–Kier alpha value is -1.17. The normalized spacial score (nSPS) is 14.2. The molecule has 3 unspecified atom stereocenters. The number of nitrogens with one attached hydrogen (secondary N) is 1. The van der Waals surface area contributed by atoms with Gasteiger partial charge in [-0.15, -0.1) is 0 Å². The highest BCUT2D eigenvalue weighted by Crippen LogP contribution is 2.15. The van der Waals surface area contributed by atoms with Gasteiger partial charge in [-0.05, 0) is 44.9 Å². The summed E-state index contributed by atoms with van der Waals surface area (Å²) in [6.07, 6.45) is 35.7. The Morgan fingerprint density at radius 3 is 1.51 bits per heavy atom. The van der Waals surface area contributed by atoms with Crippen molar-refractivity contribution in [2.45, 2.75) is 193 Å². The van der Waals surface area contributed by atoms with Gasteiger partial charge in [0, 0.05) is 6.42 Å². The van der Waals surface area contributed by atoms with Crippen molar-refractivity contribution in [3.63, 3.8) is 0 Å². The van der Waals surface area contributed by atoms with Crippen LogP contribution in [-0.2, 0) is 4.79 Å². The van der Waals surface area contributed by atoms with Crippen LogP contribution in [0, 0.1) is 0 Å². The second-order valence-electron chi connectivity index (χ2n) is 12.0. The van der Waals surface area contributed by atoms with Crippen LogP contribution >= 0.6 is 0 Å². The van der Waals surface area contributed by atoms with Gasteiger partial charge in [0.25, 0.3) is 0 Å². The fourth-order valence-corrected chi connectivity index (χ4v) is 5.30. The van der Waals surface area contributed by atoms with Crippen molar-refractivity contribution in [3.8, 4) is 0 Å². The molecular formula is C36H69NO4. The highest BCUT2D eigenvalue weighted by Gasteiger charge is 2.26. The minimum Gasteiger partial charge on any atom is -0.394 e. The Kier molecular flexibility index (Phi) is 30.9. The monoisotopic (exact) mass is 580 g/mol. The molecule has 0 aromatic heterocycles. The van der Waals surface area contributed by atoms with Gasteiger partial charge < -0.3 is 20.6 Å². The van der Waals surface area contributed by atoms with E-state index >= 15 is 0 Å². The van der Waals surface area contributed by atoms with E-state index in [1.165, 1.54) is 96.3 Å². The summed E-state index contributed by atoms with van der Waals surface area (Å²) in [5.74, 6) is -0.160. The fourth-order valence-electron chi connectivity index (χ4n) is 5.30. The summed E-state index contributed by atoms with van der Waals surface area (Å²) in [6, 6.07) is -0.825. The zero-order valence-corrected chi connectivity index (χ0v) is 27.2. The first-order valence-electron chi connectivity index (χ1n) is 17.6. The van der Waals surface area contributed by atoms with Gasteiger partial charge in [-0.25, -0.2) is 0 Å². The van der Waals surface area contributed by atoms with Crippen LogP contribution in [0.15, 0.2) is 24.3 Å². The molecule has 4 N–H and O–H groups in total. The van der Waals surface area contributed by atoms with Gasteiger partial charge in [-0.1, -0.05) is 147 Å². The molecule has 0 aliphatic heterocycles. The number of aliphatic hydroxyl groups is 3. The largest absolute Gasteiger partial charge is 0.394 e. The molecule has 0 radical (unpaired) electrons. The van der Waals surface area contributed by atoms with Crippen LogP contribution < -0.4 is 5.32 Å². The molecule has 0 aromatic carbocycles. The molecule has 0 bridgehead atoms. The zero-order chi connectivity index (χ0) is 30.2.